The summed E-state index contributed by atoms with van der Waals surface area (Å²) in [5, 5.41) is 12.7. The molecule has 92 valence electrons. The van der Waals surface area contributed by atoms with Crippen LogP contribution in [0.4, 0.5) is 4.39 Å². The fourth-order valence-corrected chi connectivity index (χ4v) is 2.10. The van der Waals surface area contributed by atoms with Crippen molar-refractivity contribution in [1.29, 1.82) is 0 Å². The minimum atomic E-state index is -0.790. The predicted molar refractivity (Wildman–Crippen MR) is 59.9 cm³/mol. The lowest BCUT2D eigenvalue weighted by Crippen LogP contribution is -2.40. The van der Waals surface area contributed by atoms with Gasteiger partial charge in [0.1, 0.15) is 0 Å². The molecule has 0 atom stereocenters. The summed E-state index contributed by atoms with van der Waals surface area (Å²) in [7, 11) is 0. The molecule has 1 aliphatic carbocycles. The zero-order valence-electron chi connectivity index (χ0n) is 9.45. The number of pyridine rings is 1. The molecule has 1 aliphatic rings. The van der Waals surface area contributed by atoms with Crippen LogP contribution < -0.4 is 5.32 Å². The van der Waals surface area contributed by atoms with Crippen LogP contribution >= 0.6 is 0 Å². The topological polar surface area (TPSA) is 62.2 Å². The van der Waals surface area contributed by atoms with Crippen molar-refractivity contribution < 1.29 is 14.3 Å². The van der Waals surface area contributed by atoms with Gasteiger partial charge < -0.3 is 10.4 Å². The first-order valence-corrected chi connectivity index (χ1v) is 5.71. The van der Waals surface area contributed by atoms with E-state index in [4.69, 9.17) is 0 Å². The summed E-state index contributed by atoms with van der Waals surface area (Å²) in [6.07, 6.45) is 4.62. The van der Waals surface area contributed by atoms with E-state index in [-0.39, 0.29) is 18.0 Å². The maximum absolute atomic E-state index is 12.8. The van der Waals surface area contributed by atoms with Crippen LogP contribution in [0.2, 0.25) is 0 Å². The van der Waals surface area contributed by atoms with Gasteiger partial charge in [-0.3, -0.25) is 4.79 Å². The Labute approximate surface area is 98.9 Å². The number of amides is 1. The van der Waals surface area contributed by atoms with Crippen molar-refractivity contribution in [3.63, 3.8) is 0 Å². The van der Waals surface area contributed by atoms with Gasteiger partial charge in [0.05, 0.1) is 5.60 Å². The van der Waals surface area contributed by atoms with Crippen LogP contribution in [0.15, 0.2) is 18.3 Å². The Balaban J connectivity index is 1.93. The molecule has 0 bridgehead atoms. The second kappa shape index (κ2) is 4.79. The van der Waals surface area contributed by atoms with Crippen molar-refractivity contribution in [1.82, 2.24) is 10.3 Å². The van der Waals surface area contributed by atoms with E-state index in [1.54, 1.807) is 0 Å². The summed E-state index contributed by atoms with van der Waals surface area (Å²) < 4.78 is 12.8. The third-order valence-electron chi connectivity index (χ3n) is 3.10. The molecule has 1 aromatic heterocycles. The summed E-state index contributed by atoms with van der Waals surface area (Å²) in [5.74, 6) is -1.07. The van der Waals surface area contributed by atoms with Gasteiger partial charge in [-0.05, 0) is 18.9 Å². The van der Waals surface area contributed by atoms with Gasteiger partial charge in [0.2, 0.25) is 5.95 Å². The maximum Gasteiger partial charge on any atom is 0.251 e. The molecule has 2 N–H and O–H groups in total. The molecule has 1 amide bonds. The van der Waals surface area contributed by atoms with Gasteiger partial charge in [0.15, 0.2) is 0 Å². The average molecular weight is 238 g/mol. The molecule has 0 radical (unpaired) electrons. The number of nitrogens with one attached hydrogen (secondary N) is 1. The molecule has 0 aliphatic heterocycles. The first kappa shape index (κ1) is 12.0. The van der Waals surface area contributed by atoms with Crippen LogP contribution in [-0.2, 0) is 0 Å². The Kier molecular flexibility index (Phi) is 3.38. The first-order chi connectivity index (χ1) is 8.09. The van der Waals surface area contributed by atoms with E-state index in [1.165, 1.54) is 12.3 Å². The summed E-state index contributed by atoms with van der Waals surface area (Å²) in [6.45, 7) is 0.218. The lowest BCUT2D eigenvalue weighted by atomic mass is 10.0. The number of hydrogen-bond acceptors (Lipinski definition) is 3. The third kappa shape index (κ3) is 3.00. The summed E-state index contributed by atoms with van der Waals surface area (Å²) in [4.78, 5) is 15.1. The van der Waals surface area contributed by atoms with E-state index >= 15 is 0 Å². The zero-order chi connectivity index (χ0) is 12.3. The highest BCUT2D eigenvalue weighted by Crippen LogP contribution is 2.28. The molecule has 4 nitrogen and oxygen atoms in total. The minimum Gasteiger partial charge on any atom is -0.388 e. The number of nitrogens with zero attached hydrogens (tertiary/aromatic N) is 1. The number of carbonyl (C=O) groups excluding carboxylic acids is 1. The van der Waals surface area contributed by atoms with E-state index in [0.29, 0.717) is 12.8 Å². The minimum absolute atomic E-state index is 0.218. The molecule has 1 heterocycles. The first-order valence-electron chi connectivity index (χ1n) is 5.71. The number of hydrogen-bond donors (Lipinski definition) is 2. The van der Waals surface area contributed by atoms with Crippen molar-refractivity contribution >= 4 is 5.91 Å². The third-order valence-corrected chi connectivity index (χ3v) is 3.10. The largest absolute Gasteiger partial charge is 0.388 e. The Morgan fingerprint density at radius 2 is 2.24 bits per heavy atom. The van der Waals surface area contributed by atoms with E-state index in [0.717, 1.165) is 18.9 Å². The van der Waals surface area contributed by atoms with Gasteiger partial charge in [0, 0.05) is 24.4 Å². The smallest absolute Gasteiger partial charge is 0.251 e. The molecule has 1 saturated carbocycles. The van der Waals surface area contributed by atoms with Gasteiger partial charge in [-0.25, -0.2) is 4.98 Å². The monoisotopic (exact) mass is 238 g/mol. The van der Waals surface area contributed by atoms with Gasteiger partial charge in [-0.15, -0.1) is 0 Å². The van der Waals surface area contributed by atoms with Crippen molar-refractivity contribution in [2.45, 2.75) is 31.3 Å². The molecule has 0 aromatic carbocycles. The van der Waals surface area contributed by atoms with E-state index < -0.39 is 11.5 Å². The Morgan fingerprint density at radius 3 is 2.88 bits per heavy atom. The second-order valence-electron chi connectivity index (χ2n) is 4.48. The van der Waals surface area contributed by atoms with Crippen molar-refractivity contribution in [3.05, 3.63) is 29.8 Å². The van der Waals surface area contributed by atoms with E-state index in [1.807, 2.05) is 0 Å². The zero-order valence-corrected chi connectivity index (χ0v) is 9.45. The van der Waals surface area contributed by atoms with E-state index in [2.05, 4.69) is 10.3 Å². The normalized spacial score (nSPS) is 18.0. The Hall–Kier alpha value is -1.49. The molecular weight excluding hydrogens is 223 g/mol. The van der Waals surface area contributed by atoms with Gasteiger partial charge in [0.25, 0.3) is 5.91 Å². The van der Waals surface area contributed by atoms with Crippen LogP contribution in [0.5, 0.6) is 0 Å². The summed E-state index contributed by atoms with van der Waals surface area (Å²) in [5.41, 5.74) is -0.569. The van der Waals surface area contributed by atoms with Crippen molar-refractivity contribution in [3.8, 4) is 0 Å². The molecule has 1 fully saturated rings. The Morgan fingerprint density at radius 1 is 1.53 bits per heavy atom. The van der Waals surface area contributed by atoms with E-state index in [9.17, 15) is 14.3 Å². The average Bonchev–Trinajstić information content (AvgIpc) is 2.74. The molecule has 5 heteroatoms. The highest BCUT2D eigenvalue weighted by atomic mass is 19.1. The van der Waals surface area contributed by atoms with Crippen LogP contribution in [0.1, 0.15) is 36.0 Å². The molecule has 17 heavy (non-hydrogen) atoms. The molecular formula is C12H15FN2O2. The summed E-state index contributed by atoms with van der Waals surface area (Å²) >= 11 is 0. The predicted octanol–water partition coefficient (Wildman–Crippen LogP) is 1.26. The Bertz CT molecular complexity index is 417. The molecule has 2 rings (SSSR count). The number of aliphatic hydroxyl groups is 1. The number of aromatic nitrogens is 1. The number of carbonyl (C=O) groups is 1. The highest BCUT2D eigenvalue weighted by molar-refractivity contribution is 5.94. The standard InChI is InChI=1S/C12H15FN2O2/c13-10-7-9(3-6-14-10)11(16)15-8-12(17)4-1-2-5-12/h3,6-7,17H,1-2,4-5,8H2,(H,15,16). The van der Waals surface area contributed by atoms with Gasteiger partial charge >= 0.3 is 0 Å². The van der Waals surface area contributed by atoms with Crippen molar-refractivity contribution in [2.24, 2.45) is 0 Å². The lowest BCUT2D eigenvalue weighted by molar-refractivity contribution is 0.0449. The SMILES string of the molecule is O=C(NCC1(O)CCCC1)c1ccnc(F)c1. The van der Waals surface area contributed by atoms with Crippen LogP contribution in [0, 0.1) is 5.95 Å². The fourth-order valence-electron chi connectivity index (χ4n) is 2.10. The second-order valence-corrected chi connectivity index (χ2v) is 4.48. The van der Waals surface area contributed by atoms with Crippen LogP contribution in [0.3, 0.4) is 0 Å². The molecule has 0 spiro atoms. The van der Waals surface area contributed by atoms with Crippen LogP contribution in [-0.4, -0.2) is 28.1 Å². The quantitative estimate of drug-likeness (QED) is 0.779. The van der Waals surface area contributed by atoms with Gasteiger partial charge in [-0.2, -0.15) is 4.39 Å². The number of halogens is 1. The molecule has 0 saturated heterocycles. The lowest BCUT2D eigenvalue weighted by Gasteiger charge is -2.22. The van der Waals surface area contributed by atoms with Gasteiger partial charge in [-0.1, -0.05) is 12.8 Å². The molecule has 1 aromatic rings. The van der Waals surface area contributed by atoms with Crippen LogP contribution in [0.25, 0.3) is 0 Å². The number of rotatable bonds is 3. The summed E-state index contributed by atoms with van der Waals surface area (Å²) in [6, 6.07) is 2.52. The van der Waals surface area contributed by atoms with Crippen molar-refractivity contribution in [2.75, 3.05) is 6.54 Å². The molecule has 0 unspecified atom stereocenters. The fraction of sp³-hybridized carbons (Fsp3) is 0.500. The maximum atomic E-state index is 12.8. The highest BCUT2D eigenvalue weighted by Gasteiger charge is 2.31.